The monoisotopic (exact) mass is 118 g/mol. The van der Waals surface area contributed by atoms with Crippen LogP contribution in [-0.4, -0.2) is 17.8 Å². The number of aliphatic hydroxyl groups excluding tert-OH is 1. The number of halogens is 1. The molecule has 1 atom stereocenters. The standard InChI is InChI=1S/C5H7FO2/c6-4-1-5(2-7)8-3-4/h3,5,7H,1-2H2/t5-/m0/s1. The van der Waals surface area contributed by atoms with Crippen LogP contribution in [0.15, 0.2) is 12.1 Å². The van der Waals surface area contributed by atoms with Gasteiger partial charge in [-0.3, -0.25) is 0 Å². The molecule has 0 aromatic heterocycles. The second kappa shape index (κ2) is 2.13. The molecule has 0 fully saturated rings. The number of hydrogen-bond donors (Lipinski definition) is 1. The Hall–Kier alpha value is -0.570. The smallest absolute Gasteiger partial charge is 0.138 e. The van der Waals surface area contributed by atoms with Gasteiger partial charge in [0.05, 0.1) is 6.61 Å². The van der Waals surface area contributed by atoms with Gasteiger partial charge < -0.3 is 9.84 Å². The molecule has 1 N–H and O–H groups in total. The Bertz CT molecular complexity index is 111. The van der Waals surface area contributed by atoms with Crippen LogP contribution in [0.3, 0.4) is 0 Å². The van der Waals surface area contributed by atoms with Crippen LogP contribution < -0.4 is 0 Å². The molecular formula is C5H7FO2. The van der Waals surface area contributed by atoms with E-state index in [1.165, 1.54) is 0 Å². The number of rotatable bonds is 1. The predicted octanol–water partition coefficient (Wildman–Crippen LogP) is 0.579. The first-order valence-electron chi connectivity index (χ1n) is 2.44. The van der Waals surface area contributed by atoms with Gasteiger partial charge in [-0.15, -0.1) is 0 Å². The van der Waals surface area contributed by atoms with Gasteiger partial charge in [-0.1, -0.05) is 0 Å². The Morgan fingerprint density at radius 1 is 2.00 bits per heavy atom. The molecule has 1 aliphatic heterocycles. The summed E-state index contributed by atoms with van der Waals surface area (Å²) < 4.78 is 16.6. The Balaban J connectivity index is 2.32. The Kier molecular flexibility index (Phi) is 1.48. The maximum atomic E-state index is 12.0. The number of ether oxygens (including phenoxy) is 1. The summed E-state index contributed by atoms with van der Waals surface area (Å²) in [5, 5.41) is 8.36. The fraction of sp³-hybridized carbons (Fsp3) is 0.600. The van der Waals surface area contributed by atoms with Crippen molar-refractivity contribution in [3.05, 3.63) is 12.1 Å². The summed E-state index contributed by atoms with van der Waals surface area (Å²) in [6.07, 6.45) is 0.923. The molecule has 0 unspecified atom stereocenters. The Morgan fingerprint density at radius 2 is 2.75 bits per heavy atom. The third kappa shape index (κ3) is 0.980. The molecule has 0 radical (unpaired) electrons. The van der Waals surface area contributed by atoms with Crippen molar-refractivity contribution in [2.24, 2.45) is 0 Å². The normalized spacial score (nSPS) is 27.2. The molecule has 0 aromatic rings. The molecule has 8 heavy (non-hydrogen) atoms. The highest BCUT2D eigenvalue weighted by Gasteiger charge is 2.16. The van der Waals surface area contributed by atoms with E-state index >= 15 is 0 Å². The molecule has 0 bridgehead atoms. The first-order valence-corrected chi connectivity index (χ1v) is 2.44. The lowest BCUT2D eigenvalue weighted by molar-refractivity contribution is 0.0959. The lowest BCUT2D eigenvalue weighted by atomic mass is 10.3. The zero-order valence-corrected chi connectivity index (χ0v) is 4.30. The van der Waals surface area contributed by atoms with E-state index in [0.29, 0.717) is 0 Å². The molecule has 1 rings (SSSR count). The van der Waals surface area contributed by atoms with E-state index in [-0.39, 0.29) is 25.0 Å². The minimum absolute atomic E-state index is 0.107. The predicted molar refractivity (Wildman–Crippen MR) is 25.8 cm³/mol. The maximum absolute atomic E-state index is 12.0. The van der Waals surface area contributed by atoms with Gasteiger partial charge in [-0.05, 0) is 0 Å². The van der Waals surface area contributed by atoms with Crippen molar-refractivity contribution in [1.82, 2.24) is 0 Å². The lowest BCUT2D eigenvalue weighted by Crippen LogP contribution is -2.09. The van der Waals surface area contributed by atoms with Crippen molar-refractivity contribution < 1.29 is 14.2 Å². The third-order valence-electron chi connectivity index (χ3n) is 1.01. The summed E-state index contributed by atoms with van der Waals surface area (Å²) in [4.78, 5) is 0. The maximum Gasteiger partial charge on any atom is 0.138 e. The minimum Gasteiger partial charge on any atom is -0.493 e. The number of hydrogen-bond acceptors (Lipinski definition) is 2. The van der Waals surface area contributed by atoms with Gasteiger partial charge in [0.15, 0.2) is 0 Å². The van der Waals surface area contributed by atoms with E-state index in [4.69, 9.17) is 5.11 Å². The fourth-order valence-electron chi connectivity index (χ4n) is 0.591. The quantitative estimate of drug-likeness (QED) is 0.545. The van der Waals surface area contributed by atoms with Crippen molar-refractivity contribution in [2.75, 3.05) is 6.61 Å². The zero-order chi connectivity index (χ0) is 5.98. The molecule has 1 aliphatic rings. The molecular weight excluding hydrogens is 111 g/mol. The summed E-state index contributed by atoms with van der Waals surface area (Å²) in [5.74, 6) is -0.288. The van der Waals surface area contributed by atoms with Crippen LogP contribution in [0.1, 0.15) is 6.42 Å². The van der Waals surface area contributed by atoms with Crippen molar-refractivity contribution in [1.29, 1.82) is 0 Å². The molecule has 2 nitrogen and oxygen atoms in total. The Labute approximate surface area is 46.6 Å². The van der Waals surface area contributed by atoms with Gasteiger partial charge in [-0.25, -0.2) is 4.39 Å². The SMILES string of the molecule is OC[C@@H]1CC(F)=CO1. The molecule has 1 heterocycles. The topological polar surface area (TPSA) is 29.5 Å². The zero-order valence-electron chi connectivity index (χ0n) is 4.30. The highest BCUT2D eigenvalue weighted by molar-refractivity contribution is 4.95. The lowest BCUT2D eigenvalue weighted by Gasteiger charge is -2.02. The van der Waals surface area contributed by atoms with E-state index in [1.54, 1.807) is 0 Å². The fourth-order valence-corrected chi connectivity index (χ4v) is 0.591. The van der Waals surface area contributed by atoms with Gasteiger partial charge >= 0.3 is 0 Å². The second-order valence-corrected chi connectivity index (χ2v) is 1.71. The average molecular weight is 118 g/mol. The van der Waals surface area contributed by atoms with E-state index in [1.807, 2.05) is 0 Å². The number of aliphatic hydroxyl groups is 1. The Morgan fingerprint density at radius 3 is 3.00 bits per heavy atom. The van der Waals surface area contributed by atoms with Crippen LogP contribution in [0.5, 0.6) is 0 Å². The van der Waals surface area contributed by atoms with Gasteiger partial charge in [0, 0.05) is 6.42 Å². The molecule has 46 valence electrons. The van der Waals surface area contributed by atoms with Crippen LogP contribution >= 0.6 is 0 Å². The highest BCUT2D eigenvalue weighted by Crippen LogP contribution is 2.17. The average Bonchev–Trinajstić information content (AvgIpc) is 2.14. The van der Waals surface area contributed by atoms with Crippen LogP contribution in [-0.2, 0) is 4.74 Å². The largest absolute Gasteiger partial charge is 0.493 e. The van der Waals surface area contributed by atoms with Gasteiger partial charge in [-0.2, -0.15) is 0 Å². The molecule has 3 heteroatoms. The summed E-state index contributed by atoms with van der Waals surface area (Å²) in [6.45, 7) is -0.107. The van der Waals surface area contributed by atoms with Gasteiger partial charge in [0.2, 0.25) is 0 Å². The summed E-state index contributed by atoms with van der Waals surface area (Å²) in [7, 11) is 0. The second-order valence-electron chi connectivity index (χ2n) is 1.71. The summed E-state index contributed by atoms with van der Waals surface area (Å²) in [5.41, 5.74) is 0. The van der Waals surface area contributed by atoms with E-state index in [0.717, 1.165) is 6.26 Å². The summed E-state index contributed by atoms with van der Waals surface area (Å²) in [6, 6.07) is 0. The molecule has 0 aliphatic carbocycles. The molecule has 0 amide bonds. The van der Waals surface area contributed by atoms with Crippen molar-refractivity contribution in [3.8, 4) is 0 Å². The van der Waals surface area contributed by atoms with E-state index in [2.05, 4.69) is 4.74 Å². The summed E-state index contributed by atoms with van der Waals surface area (Å²) >= 11 is 0. The van der Waals surface area contributed by atoms with E-state index < -0.39 is 0 Å². The molecule has 0 saturated carbocycles. The van der Waals surface area contributed by atoms with Crippen LogP contribution in [0, 0.1) is 0 Å². The van der Waals surface area contributed by atoms with Gasteiger partial charge in [0.1, 0.15) is 18.2 Å². The van der Waals surface area contributed by atoms with Crippen molar-refractivity contribution in [2.45, 2.75) is 12.5 Å². The van der Waals surface area contributed by atoms with Crippen LogP contribution in [0.25, 0.3) is 0 Å². The first kappa shape index (κ1) is 5.56. The minimum atomic E-state index is -0.338. The first-order chi connectivity index (χ1) is 3.83. The van der Waals surface area contributed by atoms with Crippen LogP contribution in [0.4, 0.5) is 4.39 Å². The molecule has 0 aromatic carbocycles. The highest BCUT2D eigenvalue weighted by atomic mass is 19.1. The van der Waals surface area contributed by atoms with E-state index in [9.17, 15) is 4.39 Å². The third-order valence-corrected chi connectivity index (χ3v) is 1.01. The van der Waals surface area contributed by atoms with Crippen LogP contribution in [0.2, 0.25) is 0 Å². The van der Waals surface area contributed by atoms with Crippen molar-refractivity contribution >= 4 is 0 Å². The molecule has 0 spiro atoms. The molecule has 0 saturated heterocycles. The van der Waals surface area contributed by atoms with Crippen molar-refractivity contribution in [3.63, 3.8) is 0 Å². The van der Waals surface area contributed by atoms with Gasteiger partial charge in [0.25, 0.3) is 0 Å².